The first-order chi connectivity index (χ1) is 19.2. The van der Waals surface area contributed by atoms with Crippen molar-refractivity contribution in [3.05, 3.63) is 64.4 Å². The van der Waals surface area contributed by atoms with Crippen molar-refractivity contribution in [1.82, 2.24) is 15.1 Å². The molecular formula is C32H40ClFN4O3. The second kappa shape index (κ2) is 12.1. The number of amides is 1. The van der Waals surface area contributed by atoms with Crippen molar-refractivity contribution in [2.45, 2.75) is 76.9 Å². The Hall–Kier alpha value is -2.99. The Labute approximate surface area is 247 Å². The number of nitrogens with one attached hydrogen (secondary N) is 1. The number of halogens is 2. The monoisotopic (exact) mass is 582 g/mol. The number of carbonyl (C=O) groups excluding carboxylic acids is 2. The van der Waals surface area contributed by atoms with Gasteiger partial charge in [0.1, 0.15) is 11.6 Å². The van der Waals surface area contributed by atoms with Gasteiger partial charge in [-0.15, -0.1) is 0 Å². The van der Waals surface area contributed by atoms with Crippen molar-refractivity contribution in [3.63, 3.8) is 0 Å². The van der Waals surface area contributed by atoms with Crippen molar-refractivity contribution >= 4 is 23.5 Å². The Kier molecular flexibility index (Phi) is 9.13. The molecule has 2 aromatic rings. The predicted molar refractivity (Wildman–Crippen MR) is 157 cm³/mol. The third-order valence-corrected chi connectivity index (χ3v) is 9.15. The molecule has 2 aromatic carbocycles. The van der Waals surface area contributed by atoms with Gasteiger partial charge in [0.15, 0.2) is 0 Å². The highest BCUT2D eigenvalue weighted by molar-refractivity contribution is 6.31. The van der Waals surface area contributed by atoms with Crippen molar-refractivity contribution < 1.29 is 18.7 Å². The van der Waals surface area contributed by atoms with E-state index in [1.165, 1.54) is 18.2 Å². The van der Waals surface area contributed by atoms with Crippen LogP contribution in [-0.4, -0.2) is 65.5 Å². The number of ether oxygens (including phenoxy) is 1. The minimum atomic E-state index is -0.559. The Balaban J connectivity index is 1.36. The van der Waals surface area contributed by atoms with Crippen LogP contribution < -0.4 is 10.1 Å². The molecule has 0 saturated carbocycles. The summed E-state index contributed by atoms with van der Waals surface area (Å²) in [7, 11) is 2.11. The van der Waals surface area contributed by atoms with E-state index in [0.717, 1.165) is 18.4 Å². The fraction of sp³-hybridized carbons (Fsp3) is 0.531. The van der Waals surface area contributed by atoms with Gasteiger partial charge < -0.3 is 10.1 Å². The van der Waals surface area contributed by atoms with Crippen molar-refractivity contribution in [3.8, 4) is 11.8 Å². The van der Waals surface area contributed by atoms with Gasteiger partial charge in [0, 0.05) is 35.2 Å². The molecule has 0 unspecified atom stereocenters. The van der Waals surface area contributed by atoms with Crippen LogP contribution in [0.2, 0.25) is 5.02 Å². The normalized spacial score (nSPS) is 20.6. The van der Waals surface area contributed by atoms with Gasteiger partial charge in [0.2, 0.25) is 0 Å². The molecular weight excluding hydrogens is 543 g/mol. The zero-order valence-corrected chi connectivity index (χ0v) is 25.4. The Bertz CT molecular complexity index is 1300. The Morgan fingerprint density at radius 1 is 1.07 bits per heavy atom. The number of hydrogen-bond donors (Lipinski definition) is 1. The van der Waals surface area contributed by atoms with E-state index in [4.69, 9.17) is 16.3 Å². The lowest BCUT2D eigenvalue weighted by Crippen LogP contribution is -2.62. The van der Waals surface area contributed by atoms with Crippen LogP contribution in [0.5, 0.6) is 5.75 Å². The highest BCUT2D eigenvalue weighted by atomic mass is 35.5. The molecule has 220 valence electrons. The van der Waals surface area contributed by atoms with Crippen molar-refractivity contribution in [2.24, 2.45) is 5.41 Å². The molecule has 2 aliphatic heterocycles. The molecule has 2 fully saturated rings. The van der Waals surface area contributed by atoms with Gasteiger partial charge in [0.05, 0.1) is 23.6 Å². The highest BCUT2D eigenvalue weighted by Gasteiger charge is 2.43. The topological polar surface area (TPSA) is 85.7 Å². The number of hydrogen-bond acceptors (Lipinski definition) is 6. The van der Waals surface area contributed by atoms with E-state index in [0.29, 0.717) is 37.4 Å². The second-order valence-corrected chi connectivity index (χ2v) is 13.3. The molecule has 0 aliphatic carbocycles. The van der Waals surface area contributed by atoms with Crippen LogP contribution in [-0.2, 0) is 11.2 Å². The van der Waals surface area contributed by atoms with E-state index in [2.05, 4.69) is 51.0 Å². The van der Waals surface area contributed by atoms with Gasteiger partial charge in [-0.1, -0.05) is 23.7 Å². The number of esters is 1. The molecule has 2 aliphatic rings. The summed E-state index contributed by atoms with van der Waals surface area (Å²) in [6.07, 6.45) is 3.29. The molecule has 2 saturated heterocycles. The molecule has 0 bridgehead atoms. The van der Waals surface area contributed by atoms with Crippen molar-refractivity contribution in [1.29, 1.82) is 5.26 Å². The summed E-state index contributed by atoms with van der Waals surface area (Å²) in [5.74, 6) is -0.938. The maximum absolute atomic E-state index is 13.4. The van der Waals surface area contributed by atoms with E-state index in [1.54, 1.807) is 24.3 Å². The van der Waals surface area contributed by atoms with Crippen LogP contribution >= 0.6 is 11.6 Å². The zero-order valence-electron chi connectivity index (χ0n) is 24.6. The molecule has 7 nitrogen and oxygen atoms in total. The summed E-state index contributed by atoms with van der Waals surface area (Å²) in [6, 6.07) is 13.4. The molecule has 0 atom stereocenters. The van der Waals surface area contributed by atoms with Gasteiger partial charge in [-0.05, 0) is 103 Å². The number of piperidine rings is 2. The molecule has 2 heterocycles. The number of nitrogens with zero attached hydrogens (tertiary/aromatic N) is 3. The van der Waals surface area contributed by atoms with Gasteiger partial charge in [-0.3, -0.25) is 19.4 Å². The Morgan fingerprint density at radius 3 is 2.27 bits per heavy atom. The number of carbonyl (C=O) groups is 2. The largest absolute Gasteiger partial charge is 0.425 e. The number of nitriles is 1. The van der Waals surface area contributed by atoms with E-state index in [-0.39, 0.29) is 46.7 Å². The average molecular weight is 583 g/mol. The van der Waals surface area contributed by atoms with Crippen molar-refractivity contribution in [2.75, 3.05) is 26.7 Å². The fourth-order valence-electron chi connectivity index (χ4n) is 6.30. The number of likely N-dealkylation sites (tertiary alicyclic amines) is 2. The average Bonchev–Trinajstić information content (AvgIpc) is 2.90. The number of benzene rings is 2. The molecule has 4 rings (SSSR count). The highest BCUT2D eigenvalue weighted by Crippen LogP contribution is 2.37. The van der Waals surface area contributed by atoms with Crippen LogP contribution in [0.15, 0.2) is 42.5 Å². The molecule has 41 heavy (non-hydrogen) atoms. The summed E-state index contributed by atoms with van der Waals surface area (Å²) < 4.78 is 19.0. The van der Waals surface area contributed by atoms with E-state index in [9.17, 15) is 19.2 Å². The molecule has 9 heteroatoms. The third-order valence-electron chi connectivity index (χ3n) is 8.91. The minimum absolute atomic E-state index is 0.0408. The van der Waals surface area contributed by atoms with Gasteiger partial charge in [0.25, 0.3) is 5.91 Å². The van der Waals surface area contributed by atoms with Crippen LogP contribution in [0, 0.1) is 22.6 Å². The quantitative estimate of drug-likeness (QED) is 0.337. The SMILES string of the molecule is CN1C(C)(C)CC(NC(=O)c2cc(Cl)ccc2OC(=O)CN2CCC(C#N)(Cc3ccc(F)cc3)CC2)CC1(C)C. The lowest BCUT2D eigenvalue weighted by atomic mass is 9.75. The summed E-state index contributed by atoms with van der Waals surface area (Å²) in [6.45, 7) is 9.83. The van der Waals surface area contributed by atoms with E-state index in [1.807, 2.05) is 4.90 Å². The first-order valence-electron chi connectivity index (χ1n) is 14.2. The summed E-state index contributed by atoms with van der Waals surface area (Å²) >= 11 is 6.23. The summed E-state index contributed by atoms with van der Waals surface area (Å²) in [5.41, 5.74) is 0.389. The summed E-state index contributed by atoms with van der Waals surface area (Å²) in [5, 5.41) is 13.5. The van der Waals surface area contributed by atoms with E-state index >= 15 is 0 Å². The van der Waals surface area contributed by atoms with Crippen LogP contribution in [0.25, 0.3) is 0 Å². The van der Waals surface area contributed by atoms with Crippen LogP contribution in [0.1, 0.15) is 69.3 Å². The first-order valence-corrected chi connectivity index (χ1v) is 14.5. The van der Waals surface area contributed by atoms with Crippen LogP contribution in [0.3, 0.4) is 0 Å². The first kappa shape index (κ1) is 31.0. The molecule has 1 N–H and O–H groups in total. The standard InChI is InChI=1S/C32H40ClFN4O3/c1-30(2)18-25(19-31(3,4)37(30)5)36-29(40)26-16-23(33)8-11-27(26)41-28(39)20-38-14-12-32(21-35,13-15-38)17-22-6-9-24(34)10-7-22/h6-11,16,25H,12-15,17-20H2,1-5H3,(H,36,40). The zero-order chi connectivity index (χ0) is 30.0. The lowest BCUT2D eigenvalue weighted by Gasteiger charge is -2.53. The third kappa shape index (κ3) is 7.45. The lowest BCUT2D eigenvalue weighted by molar-refractivity contribution is -0.136. The smallest absolute Gasteiger partial charge is 0.325 e. The van der Waals surface area contributed by atoms with Crippen LogP contribution in [0.4, 0.5) is 4.39 Å². The maximum atomic E-state index is 13.4. The predicted octanol–water partition coefficient (Wildman–Crippen LogP) is 5.61. The Morgan fingerprint density at radius 2 is 1.68 bits per heavy atom. The maximum Gasteiger partial charge on any atom is 0.325 e. The fourth-order valence-corrected chi connectivity index (χ4v) is 6.48. The van der Waals surface area contributed by atoms with Gasteiger partial charge in [-0.2, -0.15) is 5.26 Å². The second-order valence-electron chi connectivity index (χ2n) is 12.8. The summed E-state index contributed by atoms with van der Waals surface area (Å²) in [4.78, 5) is 30.7. The molecule has 0 aromatic heterocycles. The minimum Gasteiger partial charge on any atom is -0.425 e. The van der Waals surface area contributed by atoms with E-state index < -0.39 is 11.4 Å². The molecule has 0 spiro atoms. The molecule has 1 amide bonds. The number of rotatable bonds is 7. The molecule has 0 radical (unpaired) electrons. The van der Waals surface area contributed by atoms with Gasteiger partial charge in [-0.25, -0.2) is 4.39 Å². The van der Waals surface area contributed by atoms with Gasteiger partial charge >= 0.3 is 5.97 Å².